The van der Waals surface area contributed by atoms with Crippen LogP contribution in [0.25, 0.3) is 0 Å². The Balaban J connectivity index is 3.57. The minimum absolute atomic E-state index is 0.368. The van der Waals surface area contributed by atoms with Crippen LogP contribution >= 0.6 is 11.6 Å². The number of alkyl halides is 1. The van der Waals surface area contributed by atoms with Crippen LogP contribution in [0.3, 0.4) is 0 Å². The molecule has 0 amide bonds. The average Bonchev–Trinajstić information content (AvgIpc) is 2.12. The first kappa shape index (κ1) is 14.2. The van der Waals surface area contributed by atoms with Gasteiger partial charge in [-0.3, -0.25) is 0 Å². The lowest BCUT2D eigenvalue weighted by Crippen LogP contribution is -2.31. The second kappa shape index (κ2) is 6.61. The SMILES string of the molecule is CC(C)N(C)CCCNS(=O)(=O)CCl. The Morgan fingerprint density at radius 3 is 2.43 bits per heavy atom. The molecule has 0 saturated carbocycles. The molecule has 1 N–H and O–H groups in total. The van der Waals surface area contributed by atoms with E-state index in [1.807, 2.05) is 7.05 Å². The summed E-state index contributed by atoms with van der Waals surface area (Å²) in [6.07, 6.45) is 0.796. The van der Waals surface area contributed by atoms with Crippen LogP contribution in [0.4, 0.5) is 0 Å². The number of halogens is 1. The van der Waals surface area contributed by atoms with Gasteiger partial charge >= 0.3 is 0 Å². The van der Waals surface area contributed by atoms with Gasteiger partial charge in [-0.15, -0.1) is 11.6 Å². The fourth-order valence-electron chi connectivity index (χ4n) is 0.853. The van der Waals surface area contributed by atoms with Crippen molar-refractivity contribution in [3.63, 3.8) is 0 Å². The van der Waals surface area contributed by atoms with Crippen molar-refractivity contribution in [3.05, 3.63) is 0 Å². The highest BCUT2D eigenvalue weighted by atomic mass is 35.5. The Bertz CT molecular complexity index is 242. The molecule has 0 aliphatic heterocycles. The molecule has 0 radical (unpaired) electrons. The van der Waals surface area contributed by atoms with Gasteiger partial charge in [0.05, 0.1) is 0 Å². The predicted octanol–water partition coefficient (Wildman–Crippen LogP) is 0.832. The normalized spacial score (nSPS) is 12.7. The predicted molar refractivity (Wildman–Crippen MR) is 60.0 cm³/mol. The van der Waals surface area contributed by atoms with Crippen LogP contribution in [0.5, 0.6) is 0 Å². The highest BCUT2D eigenvalue weighted by molar-refractivity contribution is 7.90. The average molecular weight is 243 g/mol. The zero-order chi connectivity index (χ0) is 11.2. The summed E-state index contributed by atoms with van der Waals surface area (Å²) in [5.74, 6) is 0. The number of hydrogen-bond acceptors (Lipinski definition) is 3. The summed E-state index contributed by atoms with van der Waals surface area (Å²) in [6.45, 7) is 5.53. The van der Waals surface area contributed by atoms with Crippen molar-refractivity contribution in [2.24, 2.45) is 0 Å². The number of sulfonamides is 1. The van der Waals surface area contributed by atoms with E-state index in [9.17, 15) is 8.42 Å². The maximum absolute atomic E-state index is 10.9. The quantitative estimate of drug-likeness (QED) is 0.532. The largest absolute Gasteiger partial charge is 0.304 e. The van der Waals surface area contributed by atoms with Crippen molar-refractivity contribution in [1.82, 2.24) is 9.62 Å². The Labute approximate surface area is 91.7 Å². The molecule has 0 fully saturated rings. The van der Waals surface area contributed by atoms with Gasteiger partial charge < -0.3 is 4.90 Å². The molecule has 0 aromatic carbocycles. The molecule has 0 aliphatic carbocycles. The number of nitrogens with one attached hydrogen (secondary N) is 1. The van der Waals surface area contributed by atoms with E-state index in [-0.39, 0.29) is 5.21 Å². The van der Waals surface area contributed by atoms with Crippen LogP contribution in [-0.2, 0) is 10.0 Å². The topological polar surface area (TPSA) is 49.4 Å². The Morgan fingerprint density at radius 1 is 1.43 bits per heavy atom. The molecule has 0 unspecified atom stereocenters. The van der Waals surface area contributed by atoms with E-state index in [2.05, 4.69) is 23.5 Å². The molecular weight excluding hydrogens is 224 g/mol. The van der Waals surface area contributed by atoms with Gasteiger partial charge in [0.1, 0.15) is 5.21 Å². The molecule has 0 aromatic rings. The standard InChI is InChI=1S/C8H19ClN2O2S/c1-8(2)11(3)6-4-5-10-14(12,13)7-9/h8,10H,4-7H2,1-3H3. The van der Waals surface area contributed by atoms with Crippen molar-refractivity contribution in [3.8, 4) is 0 Å². The molecule has 0 spiro atoms. The Kier molecular flexibility index (Phi) is 6.68. The van der Waals surface area contributed by atoms with E-state index in [1.165, 1.54) is 0 Å². The highest BCUT2D eigenvalue weighted by Crippen LogP contribution is 1.95. The maximum atomic E-state index is 10.9. The molecule has 0 atom stereocenters. The Morgan fingerprint density at radius 2 is 2.00 bits per heavy atom. The summed E-state index contributed by atoms with van der Waals surface area (Å²) in [5, 5.41) is -0.368. The molecule has 0 bridgehead atoms. The molecule has 0 rings (SSSR count). The van der Waals surface area contributed by atoms with Crippen LogP contribution in [0.2, 0.25) is 0 Å². The molecule has 6 heteroatoms. The van der Waals surface area contributed by atoms with Crippen molar-refractivity contribution in [1.29, 1.82) is 0 Å². The van der Waals surface area contributed by atoms with Gasteiger partial charge in [0.15, 0.2) is 0 Å². The monoisotopic (exact) mass is 242 g/mol. The summed E-state index contributed by atoms with van der Waals surface area (Å²) in [7, 11) is -1.23. The number of nitrogens with zero attached hydrogens (tertiary/aromatic N) is 1. The molecule has 0 aromatic heterocycles. The third-order valence-electron chi connectivity index (χ3n) is 2.03. The first-order valence-corrected chi connectivity index (χ1v) is 6.81. The Hall–Kier alpha value is 0.160. The molecule has 4 nitrogen and oxygen atoms in total. The van der Waals surface area contributed by atoms with Crippen molar-refractivity contribution >= 4 is 21.6 Å². The number of rotatable bonds is 7. The van der Waals surface area contributed by atoms with Gasteiger partial charge in [-0.2, -0.15) is 0 Å². The molecule has 14 heavy (non-hydrogen) atoms. The molecular formula is C8H19ClN2O2S. The molecule has 0 saturated heterocycles. The summed E-state index contributed by atoms with van der Waals surface area (Å²) in [5.41, 5.74) is 0. The summed E-state index contributed by atoms with van der Waals surface area (Å²) in [6, 6.07) is 0.486. The first-order valence-electron chi connectivity index (χ1n) is 4.62. The van der Waals surface area contributed by atoms with Gasteiger partial charge in [-0.25, -0.2) is 13.1 Å². The minimum Gasteiger partial charge on any atom is -0.304 e. The fourth-order valence-corrected chi connectivity index (χ4v) is 1.62. The van der Waals surface area contributed by atoms with Crippen LogP contribution in [0.15, 0.2) is 0 Å². The third kappa shape index (κ3) is 6.59. The zero-order valence-electron chi connectivity index (χ0n) is 8.96. The van der Waals surface area contributed by atoms with Crippen molar-refractivity contribution in [2.75, 3.05) is 25.3 Å². The van der Waals surface area contributed by atoms with Gasteiger partial charge in [0.2, 0.25) is 10.0 Å². The van der Waals surface area contributed by atoms with Gasteiger partial charge in [-0.05, 0) is 33.9 Å². The van der Waals surface area contributed by atoms with Crippen LogP contribution in [-0.4, -0.2) is 44.7 Å². The van der Waals surface area contributed by atoms with Crippen molar-refractivity contribution in [2.45, 2.75) is 26.3 Å². The van der Waals surface area contributed by atoms with E-state index in [1.54, 1.807) is 0 Å². The smallest absolute Gasteiger partial charge is 0.225 e. The van der Waals surface area contributed by atoms with E-state index < -0.39 is 10.0 Å². The first-order chi connectivity index (χ1) is 6.39. The maximum Gasteiger partial charge on any atom is 0.225 e. The second-order valence-corrected chi connectivity index (χ2v) is 5.94. The fraction of sp³-hybridized carbons (Fsp3) is 1.00. The summed E-state index contributed by atoms with van der Waals surface area (Å²) < 4.78 is 24.3. The number of hydrogen-bond donors (Lipinski definition) is 1. The third-order valence-corrected chi connectivity index (χ3v) is 3.83. The van der Waals surface area contributed by atoms with E-state index in [0.29, 0.717) is 12.6 Å². The van der Waals surface area contributed by atoms with Gasteiger partial charge in [0.25, 0.3) is 0 Å². The van der Waals surface area contributed by atoms with Crippen LogP contribution in [0.1, 0.15) is 20.3 Å². The summed E-state index contributed by atoms with van der Waals surface area (Å²) >= 11 is 5.22. The van der Waals surface area contributed by atoms with Gasteiger partial charge in [0, 0.05) is 12.6 Å². The lowest BCUT2D eigenvalue weighted by Gasteiger charge is -2.20. The lowest BCUT2D eigenvalue weighted by atomic mass is 10.3. The second-order valence-electron chi connectivity index (χ2n) is 3.55. The molecule has 86 valence electrons. The molecule has 0 aliphatic rings. The van der Waals surface area contributed by atoms with E-state index >= 15 is 0 Å². The van der Waals surface area contributed by atoms with E-state index in [4.69, 9.17) is 11.6 Å². The van der Waals surface area contributed by atoms with Crippen molar-refractivity contribution < 1.29 is 8.42 Å². The highest BCUT2D eigenvalue weighted by Gasteiger charge is 2.07. The minimum atomic E-state index is -3.24. The van der Waals surface area contributed by atoms with Crippen LogP contribution in [0, 0.1) is 0 Å². The molecule has 0 heterocycles. The van der Waals surface area contributed by atoms with Gasteiger partial charge in [-0.1, -0.05) is 0 Å². The summed E-state index contributed by atoms with van der Waals surface area (Å²) in [4.78, 5) is 2.16. The van der Waals surface area contributed by atoms with Crippen LogP contribution < -0.4 is 4.72 Å². The zero-order valence-corrected chi connectivity index (χ0v) is 10.5. The van der Waals surface area contributed by atoms with E-state index in [0.717, 1.165) is 13.0 Å². The lowest BCUT2D eigenvalue weighted by molar-refractivity contribution is 0.271.